The molecule has 21 heavy (non-hydrogen) atoms. The Kier molecular flexibility index (Phi) is 7.29. The third-order valence-corrected chi connectivity index (χ3v) is 3.35. The number of methoxy groups -OCH3 is 1. The van der Waals surface area contributed by atoms with Crippen LogP contribution in [0.1, 0.15) is 31.7 Å². The quantitative estimate of drug-likeness (QED) is 0.732. The number of hydrogen-bond acceptors (Lipinski definition) is 3. The van der Waals surface area contributed by atoms with Gasteiger partial charge in [0.05, 0.1) is 13.0 Å². The van der Waals surface area contributed by atoms with Crippen LogP contribution in [0.25, 0.3) is 0 Å². The summed E-state index contributed by atoms with van der Waals surface area (Å²) < 4.78 is 5.23. The molecule has 5 heteroatoms. The summed E-state index contributed by atoms with van der Waals surface area (Å²) in [6, 6.07) is 7.56. The summed E-state index contributed by atoms with van der Waals surface area (Å²) in [6.07, 6.45) is 2.25. The third kappa shape index (κ3) is 5.85. The van der Waals surface area contributed by atoms with Crippen molar-refractivity contribution in [2.75, 3.05) is 13.7 Å². The Labute approximate surface area is 125 Å². The van der Waals surface area contributed by atoms with Crippen LogP contribution in [-0.2, 0) is 16.0 Å². The number of ether oxygens (including phenoxy) is 1. The highest BCUT2D eigenvalue weighted by Gasteiger charge is 2.17. The van der Waals surface area contributed by atoms with Crippen LogP contribution < -0.4 is 10.1 Å². The lowest BCUT2D eigenvalue weighted by atomic mass is 10.0. The predicted molar refractivity (Wildman–Crippen MR) is 80.4 cm³/mol. The molecule has 0 aliphatic rings. The molecule has 5 nitrogen and oxygen atoms in total. The smallest absolute Gasteiger partial charge is 0.308 e. The van der Waals surface area contributed by atoms with Gasteiger partial charge in [-0.05, 0) is 24.5 Å². The van der Waals surface area contributed by atoms with Crippen molar-refractivity contribution in [1.82, 2.24) is 5.32 Å². The second kappa shape index (κ2) is 9.00. The Balaban J connectivity index is 2.42. The van der Waals surface area contributed by atoms with E-state index >= 15 is 0 Å². The molecule has 1 aromatic rings. The zero-order valence-corrected chi connectivity index (χ0v) is 12.6. The lowest BCUT2D eigenvalue weighted by molar-refractivity contribution is -0.141. The van der Waals surface area contributed by atoms with Crippen LogP contribution in [0.4, 0.5) is 0 Å². The van der Waals surface area contributed by atoms with Crippen molar-refractivity contribution in [2.24, 2.45) is 5.92 Å². The van der Waals surface area contributed by atoms with Gasteiger partial charge in [0.25, 0.3) is 0 Å². The van der Waals surface area contributed by atoms with Crippen molar-refractivity contribution in [1.29, 1.82) is 0 Å². The Bertz CT molecular complexity index is 473. The van der Waals surface area contributed by atoms with E-state index in [9.17, 15) is 9.59 Å². The lowest BCUT2D eigenvalue weighted by Gasteiger charge is -2.12. The van der Waals surface area contributed by atoms with Gasteiger partial charge in [0.15, 0.2) is 0 Å². The van der Waals surface area contributed by atoms with Gasteiger partial charge in [0.1, 0.15) is 5.75 Å². The molecule has 1 amide bonds. The fraction of sp³-hybridized carbons (Fsp3) is 0.500. The topological polar surface area (TPSA) is 75.6 Å². The summed E-state index contributed by atoms with van der Waals surface area (Å²) in [5.41, 5.74) is 0.971. The van der Waals surface area contributed by atoms with Crippen LogP contribution in [0.2, 0.25) is 0 Å². The third-order valence-electron chi connectivity index (χ3n) is 3.35. The van der Waals surface area contributed by atoms with Gasteiger partial charge < -0.3 is 15.2 Å². The van der Waals surface area contributed by atoms with Gasteiger partial charge in [-0.2, -0.15) is 0 Å². The van der Waals surface area contributed by atoms with Crippen molar-refractivity contribution in [3.63, 3.8) is 0 Å². The van der Waals surface area contributed by atoms with Gasteiger partial charge in [-0.1, -0.05) is 31.5 Å². The minimum absolute atomic E-state index is 0.136. The van der Waals surface area contributed by atoms with Crippen LogP contribution in [0.15, 0.2) is 24.3 Å². The van der Waals surface area contributed by atoms with E-state index in [1.165, 1.54) is 0 Å². The zero-order chi connectivity index (χ0) is 15.7. The molecule has 1 unspecified atom stereocenters. The summed E-state index contributed by atoms with van der Waals surface area (Å²) in [6.45, 7) is 2.12. The Morgan fingerprint density at radius 1 is 1.33 bits per heavy atom. The second-order valence-corrected chi connectivity index (χ2v) is 4.94. The van der Waals surface area contributed by atoms with E-state index in [1.54, 1.807) is 7.11 Å². The summed E-state index contributed by atoms with van der Waals surface area (Å²) in [5.74, 6) is -0.741. The molecule has 0 aromatic heterocycles. The normalized spacial score (nSPS) is 11.7. The molecule has 1 atom stereocenters. The van der Waals surface area contributed by atoms with Crippen molar-refractivity contribution < 1.29 is 19.4 Å². The predicted octanol–water partition coefficient (Wildman–Crippen LogP) is 2.24. The van der Waals surface area contributed by atoms with Crippen molar-refractivity contribution in [3.05, 3.63) is 29.8 Å². The lowest BCUT2D eigenvalue weighted by Crippen LogP contribution is -2.33. The SMILES string of the molecule is CCCC(CNC(=O)CCc1ccccc1OC)C(=O)O. The molecular formula is C16H23NO4. The van der Waals surface area contributed by atoms with Crippen LogP contribution in [-0.4, -0.2) is 30.6 Å². The monoisotopic (exact) mass is 293 g/mol. The summed E-state index contributed by atoms with van der Waals surface area (Å²) in [7, 11) is 1.60. The number of aliphatic carboxylic acids is 1. The van der Waals surface area contributed by atoms with Gasteiger partial charge in [0.2, 0.25) is 5.91 Å². The molecule has 1 aromatic carbocycles. The fourth-order valence-electron chi connectivity index (χ4n) is 2.14. The zero-order valence-electron chi connectivity index (χ0n) is 12.6. The van der Waals surface area contributed by atoms with Crippen LogP contribution >= 0.6 is 0 Å². The first-order chi connectivity index (χ1) is 10.1. The first-order valence-corrected chi connectivity index (χ1v) is 7.19. The molecule has 0 saturated heterocycles. The summed E-state index contributed by atoms with van der Waals surface area (Å²) >= 11 is 0. The maximum atomic E-state index is 11.8. The maximum absolute atomic E-state index is 11.8. The number of nitrogens with one attached hydrogen (secondary N) is 1. The second-order valence-electron chi connectivity index (χ2n) is 4.94. The highest BCUT2D eigenvalue weighted by molar-refractivity contribution is 5.77. The molecule has 2 N–H and O–H groups in total. The summed E-state index contributed by atoms with van der Waals surface area (Å²) in [5, 5.41) is 11.7. The number of benzene rings is 1. The van der Waals surface area contributed by atoms with Gasteiger partial charge in [0, 0.05) is 13.0 Å². The van der Waals surface area contributed by atoms with Crippen molar-refractivity contribution in [3.8, 4) is 5.75 Å². The number of carboxylic acids is 1. The molecule has 0 spiro atoms. The molecular weight excluding hydrogens is 270 g/mol. The van der Waals surface area contributed by atoms with E-state index in [2.05, 4.69) is 5.32 Å². The highest BCUT2D eigenvalue weighted by Crippen LogP contribution is 2.18. The minimum Gasteiger partial charge on any atom is -0.496 e. The van der Waals surface area contributed by atoms with E-state index in [4.69, 9.17) is 9.84 Å². The molecule has 116 valence electrons. The van der Waals surface area contributed by atoms with E-state index in [0.717, 1.165) is 17.7 Å². The molecule has 0 radical (unpaired) electrons. The Morgan fingerprint density at radius 3 is 2.67 bits per heavy atom. The molecule has 0 aliphatic carbocycles. The minimum atomic E-state index is -0.859. The van der Waals surface area contributed by atoms with E-state index < -0.39 is 11.9 Å². The maximum Gasteiger partial charge on any atom is 0.308 e. The molecule has 0 bridgehead atoms. The standard InChI is InChI=1S/C16H23NO4/c1-3-6-13(16(19)20)11-17-15(18)10-9-12-7-4-5-8-14(12)21-2/h4-5,7-8,13H,3,6,9-11H2,1-2H3,(H,17,18)(H,19,20). The fourth-order valence-corrected chi connectivity index (χ4v) is 2.14. The summed E-state index contributed by atoms with van der Waals surface area (Å²) in [4.78, 5) is 22.8. The Morgan fingerprint density at radius 2 is 2.05 bits per heavy atom. The first-order valence-electron chi connectivity index (χ1n) is 7.19. The van der Waals surface area contributed by atoms with Crippen molar-refractivity contribution in [2.45, 2.75) is 32.6 Å². The van der Waals surface area contributed by atoms with Gasteiger partial charge in [-0.3, -0.25) is 9.59 Å². The number of carbonyl (C=O) groups is 2. The van der Waals surface area contributed by atoms with Gasteiger partial charge in [-0.15, -0.1) is 0 Å². The first kappa shape index (κ1) is 17.0. The van der Waals surface area contributed by atoms with Crippen LogP contribution in [0.3, 0.4) is 0 Å². The number of carbonyl (C=O) groups excluding carboxylic acids is 1. The Hall–Kier alpha value is -2.04. The van der Waals surface area contributed by atoms with Gasteiger partial charge in [-0.25, -0.2) is 0 Å². The van der Waals surface area contributed by atoms with Gasteiger partial charge >= 0.3 is 5.97 Å². The van der Waals surface area contributed by atoms with E-state index in [0.29, 0.717) is 19.3 Å². The molecule has 0 fully saturated rings. The number of para-hydroxylation sites is 1. The largest absolute Gasteiger partial charge is 0.496 e. The van der Waals surface area contributed by atoms with E-state index in [1.807, 2.05) is 31.2 Å². The number of amides is 1. The van der Waals surface area contributed by atoms with Crippen LogP contribution in [0.5, 0.6) is 5.75 Å². The molecule has 0 heterocycles. The average Bonchev–Trinajstić information content (AvgIpc) is 2.49. The van der Waals surface area contributed by atoms with Crippen molar-refractivity contribution >= 4 is 11.9 Å². The highest BCUT2D eigenvalue weighted by atomic mass is 16.5. The number of hydrogen-bond donors (Lipinski definition) is 2. The number of aryl methyl sites for hydroxylation is 1. The number of carboxylic acid groups (broad SMARTS) is 1. The molecule has 0 saturated carbocycles. The molecule has 1 rings (SSSR count). The molecule has 0 aliphatic heterocycles. The average molecular weight is 293 g/mol. The van der Waals surface area contributed by atoms with E-state index in [-0.39, 0.29) is 12.5 Å². The van der Waals surface area contributed by atoms with Crippen LogP contribution in [0, 0.1) is 5.92 Å². The number of rotatable bonds is 9.